The quantitative estimate of drug-likeness (QED) is 0.803. The molecule has 0 atom stereocenters. The van der Waals surface area contributed by atoms with Crippen LogP contribution in [-0.2, 0) is 4.74 Å². The van der Waals surface area contributed by atoms with Crippen molar-refractivity contribution in [2.45, 2.75) is 20.8 Å². The Labute approximate surface area is 115 Å². The molecule has 3 nitrogen and oxygen atoms in total. The zero-order valence-electron chi connectivity index (χ0n) is 11.0. The van der Waals surface area contributed by atoms with Crippen molar-refractivity contribution in [3.05, 3.63) is 40.2 Å². The lowest BCUT2D eigenvalue weighted by Crippen LogP contribution is -2.06. The fraction of sp³-hybridized carbons (Fsp3) is 0.286. The van der Waals surface area contributed by atoms with E-state index in [0.717, 1.165) is 4.88 Å². The van der Waals surface area contributed by atoms with Crippen molar-refractivity contribution < 1.29 is 13.9 Å². The summed E-state index contributed by atoms with van der Waals surface area (Å²) in [4.78, 5) is 16.7. The average Bonchev–Trinajstić information content (AvgIpc) is 2.75. The van der Waals surface area contributed by atoms with E-state index in [-0.39, 0.29) is 5.82 Å². The number of nitrogens with zero attached hydrogens (tertiary/aromatic N) is 1. The van der Waals surface area contributed by atoms with E-state index in [4.69, 9.17) is 4.74 Å². The third kappa shape index (κ3) is 2.81. The van der Waals surface area contributed by atoms with Crippen LogP contribution < -0.4 is 0 Å². The number of esters is 1. The van der Waals surface area contributed by atoms with Gasteiger partial charge in [-0.1, -0.05) is 12.1 Å². The fourth-order valence-electron chi connectivity index (χ4n) is 1.63. The summed E-state index contributed by atoms with van der Waals surface area (Å²) in [5, 5.41) is 0.624. The van der Waals surface area contributed by atoms with Crippen LogP contribution in [0, 0.1) is 19.7 Å². The molecule has 0 saturated carbocycles. The zero-order valence-corrected chi connectivity index (χ0v) is 11.8. The SMILES string of the molecule is CCOC(=O)c1nc(-c2ccc(C)c(F)c2)sc1C. The molecule has 100 valence electrons. The number of carbonyl (C=O) groups is 1. The van der Waals surface area contributed by atoms with E-state index in [0.29, 0.717) is 28.4 Å². The Bertz CT molecular complexity index is 622. The number of halogens is 1. The molecule has 1 aromatic heterocycles. The molecule has 0 amide bonds. The fourth-order valence-corrected chi connectivity index (χ4v) is 2.53. The van der Waals surface area contributed by atoms with Gasteiger partial charge in [0.2, 0.25) is 0 Å². The van der Waals surface area contributed by atoms with Gasteiger partial charge in [0.1, 0.15) is 10.8 Å². The van der Waals surface area contributed by atoms with E-state index >= 15 is 0 Å². The van der Waals surface area contributed by atoms with E-state index in [9.17, 15) is 9.18 Å². The molecular formula is C14H14FNO2S. The second-order valence-electron chi connectivity index (χ2n) is 4.11. The van der Waals surface area contributed by atoms with Crippen LogP contribution in [0.15, 0.2) is 18.2 Å². The number of ether oxygens (including phenoxy) is 1. The van der Waals surface area contributed by atoms with Gasteiger partial charge in [0.05, 0.1) is 6.61 Å². The van der Waals surface area contributed by atoms with Gasteiger partial charge in [-0.05, 0) is 32.4 Å². The highest BCUT2D eigenvalue weighted by Gasteiger charge is 2.17. The summed E-state index contributed by atoms with van der Waals surface area (Å²) >= 11 is 1.36. The molecule has 0 unspecified atom stereocenters. The second-order valence-corrected chi connectivity index (χ2v) is 5.31. The maximum absolute atomic E-state index is 13.5. The number of carbonyl (C=O) groups excluding carboxylic acids is 1. The molecule has 2 aromatic rings. The van der Waals surface area contributed by atoms with Crippen LogP contribution in [0.4, 0.5) is 4.39 Å². The van der Waals surface area contributed by atoms with Crippen LogP contribution in [0.3, 0.4) is 0 Å². The van der Waals surface area contributed by atoms with Crippen LogP contribution >= 0.6 is 11.3 Å². The number of benzene rings is 1. The predicted octanol–water partition coefficient (Wildman–Crippen LogP) is 3.74. The van der Waals surface area contributed by atoms with Gasteiger partial charge in [-0.15, -0.1) is 11.3 Å². The van der Waals surface area contributed by atoms with Gasteiger partial charge >= 0.3 is 5.97 Å². The van der Waals surface area contributed by atoms with Gasteiger partial charge in [0.15, 0.2) is 5.69 Å². The van der Waals surface area contributed by atoms with E-state index in [2.05, 4.69) is 4.98 Å². The summed E-state index contributed by atoms with van der Waals surface area (Å²) in [5.41, 5.74) is 1.57. The molecule has 1 heterocycles. The van der Waals surface area contributed by atoms with Crippen molar-refractivity contribution >= 4 is 17.3 Å². The van der Waals surface area contributed by atoms with Crippen molar-refractivity contribution in [2.75, 3.05) is 6.61 Å². The third-order valence-electron chi connectivity index (χ3n) is 2.68. The number of thiazole rings is 1. The lowest BCUT2D eigenvalue weighted by molar-refractivity contribution is 0.0519. The standard InChI is InChI=1S/C14H14FNO2S/c1-4-18-14(17)12-9(3)19-13(16-12)10-6-5-8(2)11(15)7-10/h5-7H,4H2,1-3H3. The van der Waals surface area contributed by atoms with Crippen LogP contribution in [0.2, 0.25) is 0 Å². The van der Waals surface area contributed by atoms with Gasteiger partial charge < -0.3 is 4.74 Å². The molecule has 1 aromatic carbocycles. The molecule has 0 N–H and O–H groups in total. The topological polar surface area (TPSA) is 39.2 Å². The van der Waals surface area contributed by atoms with Gasteiger partial charge in [-0.2, -0.15) is 0 Å². The summed E-state index contributed by atoms with van der Waals surface area (Å²) in [5.74, 6) is -0.710. The Balaban J connectivity index is 2.38. The van der Waals surface area contributed by atoms with Crippen LogP contribution in [0.1, 0.15) is 27.9 Å². The summed E-state index contributed by atoms with van der Waals surface area (Å²) in [7, 11) is 0. The van der Waals surface area contributed by atoms with E-state index < -0.39 is 5.97 Å². The lowest BCUT2D eigenvalue weighted by atomic mass is 10.1. The van der Waals surface area contributed by atoms with Gasteiger partial charge in [-0.25, -0.2) is 14.2 Å². The smallest absolute Gasteiger partial charge is 0.358 e. The maximum atomic E-state index is 13.5. The highest BCUT2D eigenvalue weighted by atomic mass is 32.1. The minimum Gasteiger partial charge on any atom is -0.461 e. The Morgan fingerprint density at radius 2 is 2.16 bits per heavy atom. The molecule has 0 radical (unpaired) electrons. The first-order valence-electron chi connectivity index (χ1n) is 5.94. The molecule has 0 aliphatic rings. The largest absolute Gasteiger partial charge is 0.461 e. The third-order valence-corrected chi connectivity index (χ3v) is 3.70. The molecule has 0 saturated heterocycles. The Hall–Kier alpha value is -1.75. The molecule has 0 fully saturated rings. The van der Waals surface area contributed by atoms with Crippen molar-refractivity contribution in [3.63, 3.8) is 0 Å². The molecule has 0 aliphatic carbocycles. The summed E-state index contributed by atoms with van der Waals surface area (Å²) in [6, 6.07) is 4.93. The normalized spacial score (nSPS) is 10.5. The Kier molecular flexibility index (Phi) is 3.95. The molecule has 2 rings (SSSR count). The van der Waals surface area contributed by atoms with E-state index in [1.807, 2.05) is 0 Å². The summed E-state index contributed by atoms with van der Waals surface area (Å²) in [6.07, 6.45) is 0. The van der Waals surface area contributed by atoms with Crippen molar-refractivity contribution in [3.8, 4) is 10.6 Å². The van der Waals surface area contributed by atoms with Gasteiger partial charge in [0, 0.05) is 10.4 Å². The van der Waals surface area contributed by atoms with Gasteiger partial charge in [0.25, 0.3) is 0 Å². The average molecular weight is 279 g/mol. The number of hydrogen-bond acceptors (Lipinski definition) is 4. The molecular weight excluding hydrogens is 265 g/mol. The lowest BCUT2D eigenvalue weighted by Gasteiger charge is -1.99. The predicted molar refractivity (Wildman–Crippen MR) is 72.9 cm³/mol. The monoisotopic (exact) mass is 279 g/mol. The second kappa shape index (κ2) is 5.48. The van der Waals surface area contributed by atoms with Crippen molar-refractivity contribution in [2.24, 2.45) is 0 Å². The number of aryl methyl sites for hydroxylation is 2. The van der Waals surface area contributed by atoms with E-state index in [1.165, 1.54) is 17.4 Å². The molecule has 5 heteroatoms. The summed E-state index contributed by atoms with van der Waals surface area (Å²) < 4.78 is 18.5. The van der Waals surface area contributed by atoms with Crippen LogP contribution in [0.25, 0.3) is 10.6 Å². The summed E-state index contributed by atoms with van der Waals surface area (Å²) in [6.45, 7) is 5.56. The van der Waals surface area contributed by atoms with Crippen LogP contribution in [-0.4, -0.2) is 17.6 Å². The molecule has 0 bridgehead atoms. The Morgan fingerprint density at radius 3 is 2.79 bits per heavy atom. The minimum atomic E-state index is -0.435. The maximum Gasteiger partial charge on any atom is 0.358 e. The zero-order chi connectivity index (χ0) is 14.0. The number of hydrogen-bond donors (Lipinski definition) is 0. The first-order chi connectivity index (χ1) is 9.02. The van der Waals surface area contributed by atoms with Gasteiger partial charge in [-0.3, -0.25) is 0 Å². The highest BCUT2D eigenvalue weighted by molar-refractivity contribution is 7.15. The van der Waals surface area contributed by atoms with Crippen LogP contribution in [0.5, 0.6) is 0 Å². The molecule has 19 heavy (non-hydrogen) atoms. The first-order valence-corrected chi connectivity index (χ1v) is 6.75. The van der Waals surface area contributed by atoms with Crippen molar-refractivity contribution in [1.29, 1.82) is 0 Å². The minimum absolute atomic E-state index is 0.275. The first kappa shape index (κ1) is 13.7. The number of aromatic nitrogens is 1. The highest BCUT2D eigenvalue weighted by Crippen LogP contribution is 2.29. The number of rotatable bonds is 3. The van der Waals surface area contributed by atoms with E-state index in [1.54, 1.807) is 32.9 Å². The molecule has 0 aliphatic heterocycles. The Morgan fingerprint density at radius 1 is 1.42 bits per heavy atom. The van der Waals surface area contributed by atoms with Crippen molar-refractivity contribution in [1.82, 2.24) is 4.98 Å². The molecule has 0 spiro atoms.